The third-order valence-electron chi connectivity index (χ3n) is 5.42. The van der Waals surface area contributed by atoms with E-state index in [2.05, 4.69) is 50.5 Å². The minimum atomic E-state index is 0.779. The highest BCUT2D eigenvalue weighted by molar-refractivity contribution is 6.04. The molecule has 1 N–H and O–H groups in total. The molecule has 5 heteroatoms. The molecule has 0 radical (unpaired) electrons. The Labute approximate surface area is 165 Å². The molecule has 4 heterocycles. The maximum atomic E-state index is 4.78. The first-order valence-corrected chi connectivity index (χ1v) is 9.89. The van der Waals surface area contributed by atoms with Crippen LogP contribution >= 0.6 is 0 Å². The Hall–Kier alpha value is -3.05. The second-order valence-corrected chi connectivity index (χ2v) is 7.47. The molecule has 0 spiro atoms. The first-order chi connectivity index (χ1) is 13.8. The Bertz CT molecular complexity index is 1010. The van der Waals surface area contributed by atoms with Crippen LogP contribution in [-0.4, -0.2) is 33.8 Å². The van der Waals surface area contributed by atoms with Crippen LogP contribution in [0.1, 0.15) is 24.0 Å². The molecule has 0 unspecified atom stereocenters. The molecular weight excluding hydrogens is 346 g/mol. The van der Waals surface area contributed by atoms with E-state index >= 15 is 0 Å². The highest BCUT2D eigenvalue weighted by Crippen LogP contribution is 2.30. The van der Waals surface area contributed by atoms with Crippen LogP contribution in [0.15, 0.2) is 66.0 Å². The van der Waals surface area contributed by atoms with Crippen molar-refractivity contribution in [1.29, 1.82) is 0 Å². The predicted molar refractivity (Wildman–Crippen MR) is 113 cm³/mol. The Morgan fingerprint density at radius 2 is 1.79 bits per heavy atom. The smallest absolute Gasteiger partial charge is 0.154 e. The van der Waals surface area contributed by atoms with E-state index < -0.39 is 0 Å². The van der Waals surface area contributed by atoms with Crippen molar-refractivity contribution in [2.45, 2.75) is 25.8 Å². The fourth-order valence-corrected chi connectivity index (χ4v) is 3.99. The van der Waals surface area contributed by atoms with Crippen LogP contribution in [0.5, 0.6) is 0 Å². The lowest BCUT2D eigenvalue weighted by Gasteiger charge is -2.14. The number of aromatic nitrogens is 2. The highest BCUT2D eigenvalue weighted by atomic mass is 15.1. The van der Waals surface area contributed by atoms with Gasteiger partial charge in [0.05, 0.1) is 0 Å². The van der Waals surface area contributed by atoms with Crippen LogP contribution in [0.2, 0.25) is 0 Å². The van der Waals surface area contributed by atoms with E-state index in [0.717, 1.165) is 30.3 Å². The van der Waals surface area contributed by atoms with Crippen LogP contribution < -0.4 is 5.32 Å². The Morgan fingerprint density at radius 3 is 2.64 bits per heavy atom. The van der Waals surface area contributed by atoms with Crippen molar-refractivity contribution >= 4 is 17.3 Å². The van der Waals surface area contributed by atoms with Gasteiger partial charge in [0.25, 0.3) is 0 Å². The van der Waals surface area contributed by atoms with E-state index in [9.17, 15) is 0 Å². The minimum Gasteiger partial charge on any atom is -0.343 e. The van der Waals surface area contributed by atoms with Gasteiger partial charge in [0.2, 0.25) is 0 Å². The number of pyridine rings is 2. The normalized spacial score (nSPS) is 17.6. The van der Waals surface area contributed by atoms with Gasteiger partial charge in [0, 0.05) is 37.2 Å². The minimum absolute atomic E-state index is 0.779. The van der Waals surface area contributed by atoms with E-state index in [1.165, 1.54) is 48.2 Å². The maximum Gasteiger partial charge on any atom is 0.154 e. The van der Waals surface area contributed by atoms with Crippen molar-refractivity contribution in [3.05, 3.63) is 72.2 Å². The third kappa shape index (κ3) is 3.66. The third-order valence-corrected chi connectivity index (χ3v) is 5.42. The van der Waals surface area contributed by atoms with Crippen molar-refractivity contribution in [2.75, 3.05) is 18.4 Å². The summed E-state index contributed by atoms with van der Waals surface area (Å²) in [6, 6.07) is 14.8. The fraction of sp³-hybridized carbons (Fsp3) is 0.261. The first-order valence-electron chi connectivity index (χ1n) is 9.89. The molecule has 3 aromatic rings. The number of likely N-dealkylation sites (tertiary alicyclic amines) is 1. The van der Waals surface area contributed by atoms with Crippen LogP contribution in [0.3, 0.4) is 0 Å². The average Bonchev–Trinajstić information content (AvgIpc) is 3.37. The van der Waals surface area contributed by atoms with Gasteiger partial charge in [-0.15, -0.1) is 0 Å². The Kier molecular flexibility index (Phi) is 4.59. The van der Waals surface area contributed by atoms with Crippen LogP contribution in [0, 0.1) is 0 Å². The van der Waals surface area contributed by atoms with Gasteiger partial charge >= 0.3 is 0 Å². The number of benzene rings is 1. The zero-order valence-electron chi connectivity index (χ0n) is 15.8. The average molecular weight is 369 g/mol. The number of hydrogen-bond donors (Lipinski definition) is 1. The standard InChI is InChI=1S/C23H23N5/c1-2-12-28(11-1)16-17-5-10-25-22(13-17)27-23-15-20-14-19(3-4-21(20)26-23)18-6-8-24-9-7-18/h3-10,13-14H,1-2,11-12,15-16H2,(H,25,26,27). The topological polar surface area (TPSA) is 53.4 Å². The molecule has 28 heavy (non-hydrogen) atoms. The van der Waals surface area contributed by atoms with Gasteiger partial charge in [-0.05, 0) is 84.6 Å². The Balaban J connectivity index is 1.34. The molecule has 2 aromatic heterocycles. The maximum absolute atomic E-state index is 4.78. The van der Waals surface area contributed by atoms with Crippen LogP contribution in [0.25, 0.3) is 11.1 Å². The summed E-state index contributed by atoms with van der Waals surface area (Å²) in [5.41, 5.74) is 6.06. The number of aliphatic imine (C=N–C) groups is 1. The predicted octanol–water partition coefficient (Wildman–Crippen LogP) is 4.44. The molecule has 140 valence electrons. The van der Waals surface area contributed by atoms with Gasteiger partial charge < -0.3 is 5.32 Å². The molecule has 0 atom stereocenters. The number of fused-ring (bicyclic) bond motifs is 1. The van der Waals surface area contributed by atoms with E-state index in [0.29, 0.717) is 0 Å². The largest absolute Gasteiger partial charge is 0.343 e. The second-order valence-electron chi connectivity index (χ2n) is 7.47. The van der Waals surface area contributed by atoms with Gasteiger partial charge in [0.1, 0.15) is 5.84 Å². The number of anilines is 1. The molecule has 2 aliphatic heterocycles. The van der Waals surface area contributed by atoms with Crippen LogP contribution in [0.4, 0.5) is 11.5 Å². The summed E-state index contributed by atoms with van der Waals surface area (Å²) >= 11 is 0. The molecular formula is C23H23N5. The van der Waals surface area contributed by atoms with Crippen molar-refractivity contribution in [3.8, 4) is 11.1 Å². The molecule has 5 rings (SSSR count). The number of amidine groups is 1. The van der Waals surface area contributed by atoms with Crippen molar-refractivity contribution < 1.29 is 0 Å². The van der Waals surface area contributed by atoms with E-state index in [4.69, 9.17) is 4.99 Å². The van der Waals surface area contributed by atoms with E-state index in [1.54, 1.807) is 0 Å². The summed E-state index contributed by atoms with van der Waals surface area (Å²) in [5, 5.41) is 3.44. The van der Waals surface area contributed by atoms with Gasteiger partial charge in [-0.1, -0.05) is 6.07 Å². The quantitative estimate of drug-likeness (QED) is 0.739. The molecule has 2 aliphatic rings. The molecule has 0 aliphatic carbocycles. The number of nitrogens with zero attached hydrogens (tertiary/aromatic N) is 4. The van der Waals surface area contributed by atoms with Crippen LogP contribution in [-0.2, 0) is 13.0 Å². The zero-order chi connectivity index (χ0) is 18.8. The summed E-state index contributed by atoms with van der Waals surface area (Å²) in [5.74, 6) is 1.73. The molecule has 1 aromatic carbocycles. The van der Waals surface area contributed by atoms with Crippen molar-refractivity contribution in [3.63, 3.8) is 0 Å². The first kappa shape index (κ1) is 17.1. The SMILES string of the molecule is c1cc(-c2ccc3c(c2)CC(=Nc2cc(CN4CCCC4)ccn2)N3)ccn1. The monoisotopic (exact) mass is 369 g/mol. The number of hydrogen-bond acceptors (Lipinski definition) is 4. The van der Waals surface area contributed by atoms with E-state index in [-0.39, 0.29) is 0 Å². The molecule has 1 saturated heterocycles. The van der Waals surface area contributed by atoms with Crippen molar-refractivity contribution in [1.82, 2.24) is 14.9 Å². The fourth-order valence-electron chi connectivity index (χ4n) is 3.99. The van der Waals surface area contributed by atoms with E-state index in [1.807, 2.05) is 30.7 Å². The molecule has 1 fully saturated rings. The molecule has 0 saturated carbocycles. The molecule has 5 nitrogen and oxygen atoms in total. The van der Waals surface area contributed by atoms with Gasteiger partial charge in [-0.25, -0.2) is 9.98 Å². The lowest BCUT2D eigenvalue weighted by atomic mass is 10.0. The second kappa shape index (κ2) is 7.52. The van der Waals surface area contributed by atoms with Crippen molar-refractivity contribution in [2.24, 2.45) is 4.99 Å². The lowest BCUT2D eigenvalue weighted by molar-refractivity contribution is 0.331. The highest BCUT2D eigenvalue weighted by Gasteiger charge is 2.17. The summed E-state index contributed by atoms with van der Waals surface area (Å²) in [4.78, 5) is 15.8. The summed E-state index contributed by atoms with van der Waals surface area (Å²) in [6.45, 7) is 3.38. The summed E-state index contributed by atoms with van der Waals surface area (Å²) < 4.78 is 0. The van der Waals surface area contributed by atoms with Gasteiger partial charge in [-0.2, -0.15) is 0 Å². The van der Waals surface area contributed by atoms with Gasteiger partial charge in [-0.3, -0.25) is 9.88 Å². The number of rotatable bonds is 4. The number of nitrogens with one attached hydrogen (secondary N) is 1. The summed E-state index contributed by atoms with van der Waals surface area (Å²) in [6.07, 6.45) is 8.94. The molecule has 0 amide bonds. The zero-order valence-corrected chi connectivity index (χ0v) is 15.8. The lowest BCUT2D eigenvalue weighted by Crippen LogP contribution is -2.18. The summed E-state index contributed by atoms with van der Waals surface area (Å²) in [7, 11) is 0. The molecule has 0 bridgehead atoms. The van der Waals surface area contributed by atoms with Gasteiger partial charge in [0.15, 0.2) is 5.82 Å². The Morgan fingerprint density at radius 1 is 0.929 bits per heavy atom.